The molecule has 1 amide bonds. The molecule has 88 valence electrons. The van der Waals surface area contributed by atoms with Gasteiger partial charge in [-0.25, -0.2) is 0 Å². The van der Waals surface area contributed by atoms with Gasteiger partial charge in [-0.05, 0) is 25.2 Å². The standard InChI is InChI=1S/C12H24N2O/c1-8(2)11(12(13)15)14-9(3)7-10-5-4-6-10/h8-11,14H,4-7H2,1-3H3,(H2,13,15). The molecule has 3 nitrogen and oxygen atoms in total. The van der Waals surface area contributed by atoms with Gasteiger partial charge in [0.15, 0.2) is 0 Å². The number of nitrogens with two attached hydrogens (primary N) is 1. The summed E-state index contributed by atoms with van der Waals surface area (Å²) in [5, 5.41) is 3.34. The summed E-state index contributed by atoms with van der Waals surface area (Å²) in [5.41, 5.74) is 5.36. The van der Waals surface area contributed by atoms with Crippen molar-refractivity contribution >= 4 is 5.91 Å². The summed E-state index contributed by atoms with van der Waals surface area (Å²) in [5.74, 6) is 0.907. The van der Waals surface area contributed by atoms with E-state index in [2.05, 4.69) is 12.2 Å². The fraction of sp³-hybridized carbons (Fsp3) is 0.917. The van der Waals surface area contributed by atoms with Crippen LogP contribution in [0, 0.1) is 11.8 Å². The first-order chi connectivity index (χ1) is 7.00. The first kappa shape index (κ1) is 12.5. The molecule has 15 heavy (non-hydrogen) atoms. The Labute approximate surface area is 92.8 Å². The Hall–Kier alpha value is -0.570. The van der Waals surface area contributed by atoms with E-state index in [0.717, 1.165) is 5.92 Å². The van der Waals surface area contributed by atoms with Gasteiger partial charge in [0, 0.05) is 6.04 Å². The maximum Gasteiger partial charge on any atom is 0.234 e. The normalized spacial score (nSPS) is 21.1. The summed E-state index contributed by atoms with van der Waals surface area (Å²) in [4.78, 5) is 11.2. The van der Waals surface area contributed by atoms with Crippen molar-refractivity contribution in [1.82, 2.24) is 5.32 Å². The van der Waals surface area contributed by atoms with Crippen LogP contribution in [0.3, 0.4) is 0 Å². The van der Waals surface area contributed by atoms with Crippen molar-refractivity contribution in [2.24, 2.45) is 17.6 Å². The zero-order valence-electron chi connectivity index (χ0n) is 10.1. The molecular formula is C12H24N2O. The van der Waals surface area contributed by atoms with E-state index in [1.165, 1.54) is 25.7 Å². The predicted octanol–water partition coefficient (Wildman–Crippen LogP) is 1.66. The Balaban J connectivity index is 2.32. The number of carbonyl (C=O) groups is 1. The molecule has 0 aromatic carbocycles. The van der Waals surface area contributed by atoms with E-state index in [-0.39, 0.29) is 17.9 Å². The van der Waals surface area contributed by atoms with Gasteiger partial charge in [0.1, 0.15) is 0 Å². The number of nitrogens with one attached hydrogen (secondary N) is 1. The van der Waals surface area contributed by atoms with E-state index in [0.29, 0.717) is 6.04 Å². The van der Waals surface area contributed by atoms with Crippen LogP contribution in [-0.4, -0.2) is 18.0 Å². The fourth-order valence-electron chi connectivity index (χ4n) is 2.21. The monoisotopic (exact) mass is 212 g/mol. The number of hydrogen-bond acceptors (Lipinski definition) is 2. The molecular weight excluding hydrogens is 188 g/mol. The highest BCUT2D eigenvalue weighted by atomic mass is 16.1. The molecule has 0 heterocycles. The molecule has 0 aromatic heterocycles. The Morgan fingerprint density at radius 1 is 1.40 bits per heavy atom. The zero-order chi connectivity index (χ0) is 11.4. The van der Waals surface area contributed by atoms with Crippen LogP contribution in [-0.2, 0) is 4.79 Å². The van der Waals surface area contributed by atoms with Crippen molar-refractivity contribution in [2.75, 3.05) is 0 Å². The van der Waals surface area contributed by atoms with Gasteiger partial charge in [-0.3, -0.25) is 4.79 Å². The molecule has 0 bridgehead atoms. The van der Waals surface area contributed by atoms with Crippen LogP contribution < -0.4 is 11.1 Å². The molecule has 2 atom stereocenters. The second-order valence-electron chi connectivity index (χ2n) is 5.22. The predicted molar refractivity (Wildman–Crippen MR) is 62.4 cm³/mol. The average molecular weight is 212 g/mol. The van der Waals surface area contributed by atoms with Gasteiger partial charge in [-0.15, -0.1) is 0 Å². The van der Waals surface area contributed by atoms with Gasteiger partial charge in [0.05, 0.1) is 6.04 Å². The highest BCUT2D eigenvalue weighted by Crippen LogP contribution is 2.30. The zero-order valence-corrected chi connectivity index (χ0v) is 10.1. The van der Waals surface area contributed by atoms with Gasteiger partial charge >= 0.3 is 0 Å². The summed E-state index contributed by atoms with van der Waals surface area (Å²) < 4.78 is 0. The first-order valence-corrected chi connectivity index (χ1v) is 6.06. The third-order valence-electron chi connectivity index (χ3n) is 3.35. The molecule has 1 aliphatic carbocycles. The third kappa shape index (κ3) is 3.82. The van der Waals surface area contributed by atoms with Crippen molar-refractivity contribution in [3.05, 3.63) is 0 Å². The Bertz CT molecular complexity index is 212. The number of hydrogen-bond donors (Lipinski definition) is 2. The van der Waals surface area contributed by atoms with E-state index in [9.17, 15) is 4.79 Å². The van der Waals surface area contributed by atoms with Crippen molar-refractivity contribution in [1.29, 1.82) is 0 Å². The maximum atomic E-state index is 11.2. The van der Waals surface area contributed by atoms with Crippen LogP contribution >= 0.6 is 0 Å². The fourth-order valence-corrected chi connectivity index (χ4v) is 2.21. The van der Waals surface area contributed by atoms with Crippen molar-refractivity contribution < 1.29 is 4.79 Å². The summed E-state index contributed by atoms with van der Waals surface area (Å²) in [6, 6.07) is 0.218. The van der Waals surface area contributed by atoms with Gasteiger partial charge in [-0.1, -0.05) is 33.1 Å². The summed E-state index contributed by atoms with van der Waals surface area (Å²) in [6.45, 7) is 6.20. The number of carbonyl (C=O) groups excluding carboxylic acids is 1. The van der Waals surface area contributed by atoms with Gasteiger partial charge in [0.2, 0.25) is 5.91 Å². The molecule has 0 radical (unpaired) electrons. The highest BCUT2D eigenvalue weighted by Gasteiger charge is 2.24. The molecule has 1 aliphatic rings. The Morgan fingerprint density at radius 2 is 2.00 bits per heavy atom. The van der Waals surface area contributed by atoms with Crippen LogP contribution in [0.5, 0.6) is 0 Å². The molecule has 1 fully saturated rings. The van der Waals surface area contributed by atoms with E-state index in [1.807, 2.05) is 13.8 Å². The molecule has 1 saturated carbocycles. The minimum atomic E-state index is -0.231. The quantitative estimate of drug-likeness (QED) is 0.703. The second kappa shape index (κ2) is 5.50. The van der Waals surface area contributed by atoms with Crippen LogP contribution in [0.25, 0.3) is 0 Å². The van der Waals surface area contributed by atoms with Crippen molar-refractivity contribution in [3.8, 4) is 0 Å². The van der Waals surface area contributed by atoms with Crippen LogP contribution in [0.2, 0.25) is 0 Å². The van der Waals surface area contributed by atoms with E-state index < -0.39 is 0 Å². The van der Waals surface area contributed by atoms with Crippen molar-refractivity contribution in [2.45, 2.75) is 58.5 Å². The first-order valence-electron chi connectivity index (χ1n) is 6.06. The lowest BCUT2D eigenvalue weighted by Gasteiger charge is -2.31. The van der Waals surface area contributed by atoms with Crippen LogP contribution in [0.1, 0.15) is 46.5 Å². The second-order valence-corrected chi connectivity index (χ2v) is 5.22. The lowest BCUT2D eigenvalue weighted by atomic mass is 9.81. The summed E-state index contributed by atoms with van der Waals surface area (Å²) in [6.07, 6.45) is 5.27. The minimum absolute atomic E-state index is 0.180. The van der Waals surface area contributed by atoms with Crippen molar-refractivity contribution in [3.63, 3.8) is 0 Å². The summed E-state index contributed by atoms with van der Waals surface area (Å²) in [7, 11) is 0. The number of amides is 1. The highest BCUT2D eigenvalue weighted by molar-refractivity contribution is 5.80. The van der Waals surface area contributed by atoms with Gasteiger partial charge in [-0.2, -0.15) is 0 Å². The molecule has 0 aromatic rings. The van der Waals surface area contributed by atoms with E-state index in [4.69, 9.17) is 5.73 Å². The topological polar surface area (TPSA) is 55.1 Å². The SMILES string of the molecule is CC(CC1CCC1)NC(C(N)=O)C(C)C. The minimum Gasteiger partial charge on any atom is -0.368 e. The van der Waals surface area contributed by atoms with Gasteiger partial charge in [0.25, 0.3) is 0 Å². The molecule has 3 heteroatoms. The molecule has 2 unspecified atom stereocenters. The molecule has 0 aliphatic heterocycles. The van der Waals surface area contributed by atoms with E-state index in [1.54, 1.807) is 0 Å². The Kier molecular flexibility index (Phi) is 4.58. The lowest BCUT2D eigenvalue weighted by Crippen LogP contribution is -2.49. The Morgan fingerprint density at radius 3 is 2.33 bits per heavy atom. The number of rotatable bonds is 6. The third-order valence-corrected chi connectivity index (χ3v) is 3.35. The molecule has 0 spiro atoms. The average Bonchev–Trinajstić information content (AvgIpc) is 2.06. The molecule has 1 rings (SSSR count). The molecule has 0 saturated heterocycles. The van der Waals surface area contributed by atoms with Crippen LogP contribution in [0.15, 0.2) is 0 Å². The lowest BCUT2D eigenvalue weighted by molar-refractivity contribution is -0.121. The van der Waals surface area contributed by atoms with E-state index >= 15 is 0 Å². The van der Waals surface area contributed by atoms with Crippen LogP contribution in [0.4, 0.5) is 0 Å². The maximum absolute atomic E-state index is 11.2. The van der Waals surface area contributed by atoms with Gasteiger partial charge < -0.3 is 11.1 Å². The smallest absolute Gasteiger partial charge is 0.234 e. The number of primary amides is 1. The molecule has 3 N–H and O–H groups in total. The largest absolute Gasteiger partial charge is 0.368 e. The summed E-state index contributed by atoms with van der Waals surface area (Å²) >= 11 is 0.